The highest BCUT2D eigenvalue weighted by Crippen LogP contribution is 2.23. The second-order valence-electron chi connectivity index (χ2n) is 6.41. The molecule has 0 bridgehead atoms. The Balaban J connectivity index is 1.58. The molecule has 1 aliphatic heterocycles. The highest BCUT2D eigenvalue weighted by atomic mass is 19.1. The molecule has 3 rings (SSSR count). The van der Waals surface area contributed by atoms with Gasteiger partial charge in [0.1, 0.15) is 5.82 Å². The number of rotatable bonds is 4. The van der Waals surface area contributed by atoms with E-state index in [-0.39, 0.29) is 11.6 Å². The summed E-state index contributed by atoms with van der Waals surface area (Å²) in [5.41, 5.74) is 4.50. The summed E-state index contributed by atoms with van der Waals surface area (Å²) in [5, 5.41) is 0. The van der Waals surface area contributed by atoms with Gasteiger partial charge in [-0.1, -0.05) is 12.1 Å². The Hall–Kier alpha value is -2.20. The van der Waals surface area contributed by atoms with Crippen molar-refractivity contribution in [1.82, 2.24) is 4.90 Å². The molecule has 0 aliphatic carbocycles. The number of Topliss-reactive ketones (excluding diaryl/α,β-unsaturated/α-hetero) is 1. The molecule has 2 aromatic rings. The molecule has 0 unspecified atom stereocenters. The zero-order chi connectivity index (χ0) is 17.1. The molecule has 1 saturated heterocycles. The number of nitrogens with zero attached hydrogens (tertiary/aromatic N) is 2. The Morgan fingerprint density at radius 3 is 2.33 bits per heavy atom. The Bertz CT molecular complexity index is 719. The lowest BCUT2D eigenvalue weighted by Gasteiger charge is -2.36. The molecule has 0 saturated carbocycles. The Kier molecular flexibility index (Phi) is 4.95. The highest BCUT2D eigenvalue weighted by molar-refractivity contribution is 5.97. The predicted molar refractivity (Wildman–Crippen MR) is 95.3 cm³/mol. The number of ketones is 1. The maximum absolute atomic E-state index is 12.9. The third-order valence-corrected chi connectivity index (χ3v) is 4.82. The molecule has 1 heterocycles. The minimum absolute atomic E-state index is 0.0511. The molecule has 3 nitrogen and oxygen atoms in total. The van der Waals surface area contributed by atoms with Crippen molar-refractivity contribution in [2.24, 2.45) is 0 Å². The average molecular weight is 326 g/mol. The Labute approximate surface area is 142 Å². The van der Waals surface area contributed by atoms with E-state index in [0.717, 1.165) is 26.2 Å². The summed E-state index contributed by atoms with van der Waals surface area (Å²) in [6.07, 6.45) is 0. The topological polar surface area (TPSA) is 23.6 Å². The van der Waals surface area contributed by atoms with Gasteiger partial charge in [-0.3, -0.25) is 9.69 Å². The second-order valence-corrected chi connectivity index (χ2v) is 6.41. The molecule has 1 fully saturated rings. The van der Waals surface area contributed by atoms with Crippen molar-refractivity contribution in [3.8, 4) is 0 Å². The number of aryl methyl sites for hydroxylation is 1. The normalized spacial score (nSPS) is 15.5. The van der Waals surface area contributed by atoms with Crippen molar-refractivity contribution in [3.05, 3.63) is 65.0 Å². The van der Waals surface area contributed by atoms with E-state index >= 15 is 0 Å². The molecule has 0 atom stereocenters. The van der Waals surface area contributed by atoms with E-state index in [9.17, 15) is 9.18 Å². The quantitative estimate of drug-likeness (QED) is 0.804. The molecule has 0 N–H and O–H groups in total. The van der Waals surface area contributed by atoms with Gasteiger partial charge in [-0.05, 0) is 55.3 Å². The summed E-state index contributed by atoms with van der Waals surface area (Å²) in [6.45, 7) is 8.25. The van der Waals surface area contributed by atoms with Crippen LogP contribution in [0, 0.1) is 19.7 Å². The second kappa shape index (κ2) is 7.14. The van der Waals surface area contributed by atoms with Crippen LogP contribution >= 0.6 is 0 Å². The zero-order valence-corrected chi connectivity index (χ0v) is 14.3. The maximum atomic E-state index is 12.9. The number of carbonyl (C=O) groups is 1. The van der Waals surface area contributed by atoms with Gasteiger partial charge < -0.3 is 4.90 Å². The number of anilines is 1. The number of carbonyl (C=O) groups excluding carboxylic acids is 1. The van der Waals surface area contributed by atoms with E-state index in [1.165, 1.54) is 28.9 Å². The molecule has 2 aromatic carbocycles. The van der Waals surface area contributed by atoms with Crippen LogP contribution in [0.3, 0.4) is 0 Å². The average Bonchev–Trinajstić information content (AvgIpc) is 2.59. The molecule has 0 radical (unpaired) electrons. The van der Waals surface area contributed by atoms with Gasteiger partial charge in [-0.2, -0.15) is 0 Å². The molecular weight excluding hydrogens is 303 g/mol. The van der Waals surface area contributed by atoms with E-state index < -0.39 is 0 Å². The standard InChI is InChI=1S/C20H23FN2O/c1-15-4-3-5-19(16(15)2)23-12-10-22(11-13-23)14-20(24)17-6-8-18(21)9-7-17/h3-9H,10-14H2,1-2H3. The number of piperazine rings is 1. The monoisotopic (exact) mass is 326 g/mol. The van der Waals surface area contributed by atoms with Crippen molar-refractivity contribution < 1.29 is 9.18 Å². The fourth-order valence-corrected chi connectivity index (χ4v) is 3.16. The SMILES string of the molecule is Cc1cccc(N2CCN(CC(=O)c3ccc(F)cc3)CC2)c1C. The number of benzene rings is 2. The van der Waals surface area contributed by atoms with Crippen molar-refractivity contribution in [2.45, 2.75) is 13.8 Å². The van der Waals surface area contributed by atoms with Crippen LogP contribution in [0.2, 0.25) is 0 Å². The Morgan fingerprint density at radius 1 is 1.00 bits per heavy atom. The van der Waals surface area contributed by atoms with Crippen LogP contribution in [0.4, 0.5) is 10.1 Å². The molecule has 24 heavy (non-hydrogen) atoms. The summed E-state index contributed by atoms with van der Waals surface area (Å²) in [5.74, 6) is -0.260. The van der Waals surface area contributed by atoms with Crippen molar-refractivity contribution in [1.29, 1.82) is 0 Å². The first-order valence-corrected chi connectivity index (χ1v) is 8.37. The number of hydrogen-bond acceptors (Lipinski definition) is 3. The molecule has 1 aliphatic rings. The molecule has 4 heteroatoms. The number of hydrogen-bond donors (Lipinski definition) is 0. The zero-order valence-electron chi connectivity index (χ0n) is 14.3. The lowest BCUT2D eigenvalue weighted by atomic mass is 10.1. The van der Waals surface area contributed by atoms with Crippen LogP contribution in [-0.4, -0.2) is 43.4 Å². The first-order chi connectivity index (χ1) is 11.5. The Morgan fingerprint density at radius 2 is 1.67 bits per heavy atom. The van der Waals surface area contributed by atoms with Crippen molar-refractivity contribution in [3.63, 3.8) is 0 Å². The van der Waals surface area contributed by atoms with Gasteiger partial charge in [0.15, 0.2) is 5.78 Å². The minimum Gasteiger partial charge on any atom is -0.369 e. The van der Waals surface area contributed by atoms with Crippen LogP contribution in [0.25, 0.3) is 0 Å². The van der Waals surface area contributed by atoms with Gasteiger partial charge in [-0.25, -0.2) is 4.39 Å². The third-order valence-electron chi connectivity index (χ3n) is 4.82. The fourth-order valence-electron chi connectivity index (χ4n) is 3.16. The van der Waals surface area contributed by atoms with Crippen LogP contribution in [0.15, 0.2) is 42.5 Å². The van der Waals surface area contributed by atoms with Gasteiger partial charge in [0.2, 0.25) is 0 Å². The lowest BCUT2D eigenvalue weighted by Crippen LogP contribution is -2.48. The van der Waals surface area contributed by atoms with Gasteiger partial charge in [0.25, 0.3) is 0 Å². The largest absolute Gasteiger partial charge is 0.369 e. The summed E-state index contributed by atoms with van der Waals surface area (Å²) < 4.78 is 12.9. The summed E-state index contributed by atoms with van der Waals surface area (Å²) in [4.78, 5) is 16.9. The third kappa shape index (κ3) is 3.65. The first-order valence-electron chi connectivity index (χ1n) is 8.37. The van der Waals surface area contributed by atoms with Crippen LogP contribution < -0.4 is 4.90 Å². The fraction of sp³-hybridized carbons (Fsp3) is 0.350. The van der Waals surface area contributed by atoms with Gasteiger partial charge >= 0.3 is 0 Å². The van der Waals surface area contributed by atoms with Gasteiger partial charge in [0, 0.05) is 37.4 Å². The van der Waals surface area contributed by atoms with Crippen LogP contribution in [0.1, 0.15) is 21.5 Å². The summed E-state index contributed by atoms with van der Waals surface area (Å²) in [6, 6.07) is 12.2. The van der Waals surface area contributed by atoms with Gasteiger partial charge in [0.05, 0.1) is 6.54 Å². The van der Waals surface area contributed by atoms with E-state index in [2.05, 4.69) is 41.8 Å². The molecular formula is C20H23FN2O. The molecule has 0 amide bonds. The van der Waals surface area contributed by atoms with Gasteiger partial charge in [-0.15, -0.1) is 0 Å². The van der Waals surface area contributed by atoms with Crippen LogP contribution in [0.5, 0.6) is 0 Å². The van der Waals surface area contributed by atoms with Crippen LogP contribution in [-0.2, 0) is 0 Å². The highest BCUT2D eigenvalue weighted by Gasteiger charge is 2.20. The lowest BCUT2D eigenvalue weighted by molar-refractivity contribution is 0.0926. The summed E-state index contributed by atoms with van der Waals surface area (Å²) in [7, 11) is 0. The molecule has 0 spiro atoms. The molecule has 0 aromatic heterocycles. The van der Waals surface area contributed by atoms with Crippen molar-refractivity contribution >= 4 is 11.5 Å². The maximum Gasteiger partial charge on any atom is 0.176 e. The minimum atomic E-state index is -0.311. The van der Waals surface area contributed by atoms with E-state index in [0.29, 0.717) is 12.1 Å². The predicted octanol–water partition coefficient (Wildman–Crippen LogP) is 3.45. The number of halogens is 1. The van der Waals surface area contributed by atoms with E-state index in [1.54, 1.807) is 12.1 Å². The van der Waals surface area contributed by atoms with E-state index in [1.807, 2.05) is 0 Å². The van der Waals surface area contributed by atoms with Crippen molar-refractivity contribution in [2.75, 3.05) is 37.6 Å². The van der Waals surface area contributed by atoms with E-state index in [4.69, 9.17) is 0 Å². The summed E-state index contributed by atoms with van der Waals surface area (Å²) >= 11 is 0. The molecule has 126 valence electrons. The smallest absolute Gasteiger partial charge is 0.176 e. The first kappa shape index (κ1) is 16.7.